The largest absolute Gasteiger partial charge is 0.293 e. The highest BCUT2D eigenvalue weighted by molar-refractivity contribution is 9.08. The van der Waals surface area contributed by atoms with Crippen LogP contribution in [0.15, 0.2) is 24.3 Å². The van der Waals surface area contributed by atoms with Gasteiger partial charge in [0.1, 0.15) is 0 Å². The van der Waals surface area contributed by atoms with E-state index in [1.54, 1.807) is 12.1 Å². The van der Waals surface area contributed by atoms with E-state index in [2.05, 4.69) is 21.2 Å². The number of carbonyl (C=O) groups is 2. The van der Waals surface area contributed by atoms with Gasteiger partial charge < -0.3 is 0 Å². The van der Waals surface area contributed by atoms with Crippen molar-refractivity contribution >= 4 is 27.7 Å². The monoisotopic (exact) mass is 255 g/mol. The molecule has 1 rings (SSSR count). The Morgan fingerprint density at radius 2 is 1.86 bits per heavy atom. The summed E-state index contributed by atoms with van der Waals surface area (Å²) in [6, 6.07) is 7.05. The van der Waals surface area contributed by atoms with Crippen LogP contribution >= 0.6 is 15.9 Å². The molecule has 3 nitrogen and oxygen atoms in total. The number of alkyl halides is 1. The van der Waals surface area contributed by atoms with Gasteiger partial charge in [0, 0.05) is 17.8 Å². The summed E-state index contributed by atoms with van der Waals surface area (Å²) in [6.45, 7) is 1.31. The zero-order valence-electron chi connectivity index (χ0n) is 7.71. The summed E-state index contributed by atoms with van der Waals surface area (Å²) in [5.41, 5.74) is 1.58. The van der Waals surface area contributed by atoms with Crippen molar-refractivity contribution in [2.24, 2.45) is 0 Å². The van der Waals surface area contributed by atoms with Gasteiger partial charge in [-0.15, -0.1) is 0 Å². The van der Waals surface area contributed by atoms with Crippen LogP contribution in [0, 0.1) is 0 Å². The van der Waals surface area contributed by atoms with Gasteiger partial charge in [0.2, 0.25) is 5.91 Å². The Labute approximate surface area is 90.6 Å². The number of hydrogen-bond acceptors (Lipinski definition) is 2. The molecule has 1 aromatic carbocycles. The SMILES string of the molecule is CC(=O)NC(=O)c1ccc(CBr)cc1. The minimum atomic E-state index is -0.362. The molecule has 0 spiro atoms. The molecule has 0 bridgehead atoms. The highest BCUT2D eigenvalue weighted by atomic mass is 79.9. The van der Waals surface area contributed by atoms with Crippen molar-refractivity contribution in [1.82, 2.24) is 5.32 Å². The summed E-state index contributed by atoms with van der Waals surface area (Å²) in [5, 5.41) is 2.96. The van der Waals surface area contributed by atoms with Crippen molar-refractivity contribution in [3.63, 3.8) is 0 Å². The molecule has 0 aliphatic rings. The van der Waals surface area contributed by atoms with Gasteiger partial charge in [-0.1, -0.05) is 28.1 Å². The number of hydrogen-bond donors (Lipinski definition) is 1. The van der Waals surface area contributed by atoms with E-state index in [-0.39, 0.29) is 11.8 Å². The summed E-state index contributed by atoms with van der Waals surface area (Å²) in [6.07, 6.45) is 0. The molecule has 14 heavy (non-hydrogen) atoms. The first-order chi connectivity index (χ1) is 6.63. The standard InChI is InChI=1S/C10H10BrNO2/c1-7(13)12-10(14)9-4-2-8(6-11)3-5-9/h2-5H,6H2,1H3,(H,12,13,14). The van der Waals surface area contributed by atoms with Gasteiger partial charge in [-0.25, -0.2) is 0 Å². The number of nitrogens with one attached hydrogen (secondary N) is 1. The summed E-state index contributed by atoms with van der Waals surface area (Å²) in [4.78, 5) is 21.9. The molecule has 0 heterocycles. The molecule has 0 aliphatic carbocycles. The van der Waals surface area contributed by atoms with Gasteiger partial charge >= 0.3 is 0 Å². The van der Waals surface area contributed by atoms with Crippen LogP contribution in [-0.4, -0.2) is 11.8 Å². The van der Waals surface area contributed by atoms with Crippen LogP contribution in [0.4, 0.5) is 0 Å². The predicted octanol–water partition coefficient (Wildman–Crippen LogP) is 1.86. The van der Waals surface area contributed by atoms with E-state index in [1.165, 1.54) is 6.92 Å². The van der Waals surface area contributed by atoms with E-state index in [9.17, 15) is 9.59 Å². The Balaban J connectivity index is 2.76. The molecular weight excluding hydrogens is 246 g/mol. The fraction of sp³-hybridized carbons (Fsp3) is 0.200. The van der Waals surface area contributed by atoms with Gasteiger partial charge in [0.05, 0.1) is 0 Å². The van der Waals surface area contributed by atoms with Crippen LogP contribution in [0.2, 0.25) is 0 Å². The smallest absolute Gasteiger partial charge is 0.257 e. The molecule has 0 saturated heterocycles. The lowest BCUT2D eigenvalue weighted by Crippen LogP contribution is -2.27. The maximum absolute atomic E-state index is 11.3. The van der Waals surface area contributed by atoms with E-state index in [0.29, 0.717) is 5.56 Å². The van der Waals surface area contributed by atoms with E-state index < -0.39 is 0 Å². The van der Waals surface area contributed by atoms with Gasteiger partial charge in [-0.2, -0.15) is 0 Å². The summed E-state index contributed by atoms with van der Waals surface area (Å²) >= 11 is 3.30. The third-order valence-corrected chi connectivity index (χ3v) is 2.31. The Morgan fingerprint density at radius 3 is 2.29 bits per heavy atom. The Morgan fingerprint density at radius 1 is 1.29 bits per heavy atom. The van der Waals surface area contributed by atoms with Gasteiger partial charge in [-0.3, -0.25) is 14.9 Å². The molecule has 0 atom stereocenters. The molecule has 2 amide bonds. The third kappa shape index (κ3) is 2.96. The van der Waals surface area contributed by atoms with Crippen LogP contribution < -0.4 is 5.32 Å². The lowest BCUT2D eigenvalue weighted by Gasteiger charge is -2.01. The molecule has 0 fully saturated rings. The Kier molecular flexibility index (Phi) is 3.83. The first kappa shape index (κ1) is 10.9. The second kappa shape index (κ2) is 4.91. The van der Waals surface area contributed by atoms with Crippen molar-refractivity contribution in [2.45, 2.75) is 12.3 Å². The summed E-state index contributed by atoms with van der Waals surface area (Å²) in [5.74, 6) is -0.710. The minimum Gasteiger partial charge on any atom is -0.293 e. The Bertz CT molecular complexity index is 346. The first-order valence-electron chi connectivity index (χ1n) is 4.10. The average Bonchev–Trinajstić information content (AvgIpc) is 2.17. The fourth-order valence-corrected chi connectivity index (χ4v) is 1.35. The zero-order valence-corrected chi connectivity index (χ0v) is 9.30. The van der Waals surface area contributed by atoms with Crippen LogP contribution in [0.1, 0.15) is 22.8 Å². The van der Waals surface area contributed by atoms with E-state index in [4.69, 9.17) is 0 Å². The lowest BCUT2D eigenvalue weighted by atomic mass is 10.1. The minimum absolute atomic E-state index is 0.348. The quantitative estimate of drug-likeness (QED) is 0.821. The van der Waals surface area contributed by atoms with E-state index >= 15 is 0 Å². The number of rotatable bonds is 2. The van der Waals surface area contributed by atoms with E-state index in [0.717, 1.165) is 10.9 Å². The number of carbonyl (C=O) groups excluding carboxylic acids is 2. The van der Waals surface area contributed by atoms with Crippen molar-refractivity contribution in [1.29, 1.82) is 0 Å². The normalized spacial score (nSPS) is 9.57. The van der Waals surface area contributed by atoms with Gasteiger partial charge in [0.15, 0.2) is 0 Å². The Hall–Kier alpha value is -1.16. The van der Waals surface area contributed by atoms with E-state index in [1.807, 2.05) is 12.1 Å². The average molecular weight is 256 g/mol. The molecule has 0 aliphatic heterocycles. The second-order valence-electron chi connectivity index (χ2n) is 2.84. The van der Waals surface area contributed by atoms with Crippen LogP contribution in [-0.2, 0) is 10.1 Å². The third-order valence-electron chi connectivity index (χ3n) is 1.66. The summed E-state index contributed by atoms with van der Waals surface area (Å²) in [7, 11) is 0. The summed E-state index contributed by atoms with van der Waals surface area (Å²) < 4.78 is 0. The second-order valence-corrected chi connectivity index (χ2v) is 3.40. The zero-order chi connectivity index (χ0) is 10.6. The fourth-order valence-electron chi connectivity index (χ4n) is 0.977. The molecule has 0 saturated carbocycles. The highest BCUT2D eigenvalue weighted by Gasteiger charge is 2.05. The topological polar surface area (TPSA) is 46.2 Å². The van der Waals surface area contributed by atoms with Crippen LogP contribution in [0.25, 0.3) is 0 Å². The molecular formula is C10H10BrNO2. The molecule has 4 heteroatoms. The number of halogens is 1. The number of benzene rings is 1. The molecule has 1 N–H and O–H groups in total. The number of amides is 2. The lowest BCUT2D eigenvalue weighted by molar-refractivity contribution is -0.118. The predicted molar refractivity (Wildman–Crippen MR) is 57.2 cm³/mol. The van der Waals surface area contributed by atoms with Crippen molar-refractivity contribution in [2.75, 3.05) is 0 Å². The highest BCUT2D eigenvalue weighted by Crippen LogP contribution is 2.07. The molecule has 74 valence electrons. The maximum atomic E-state index is 11.3. The van der Waals surface area contributed by atoms with Gasteiger partial charge in [-0.05, 0) is 17.7 Å². The maximum Gasteiger partial charge on any atom is 0.257 e. The van der Waals surface area contributed by atoms with Crippen molar-refractivity contribution in [3.8, 4) is 0 Å². The van der Waals surface area contributed by atoms with Gasteiger partial charge in [0.25, 0.3) is 5.91 Å². The molecule has 1 aromatic rings. The molecule has 0 radical (unpaired) electrons. The van der Waals surface area contributed by atoms with Crippen LogP contribution in [0.5, 0.6) is 0 Å². The first-order valence-corrected chi connectivity index (χ1v) is 5.22. The van der Waals surface area contributed by atoms with Crippen LogP contribution in [0.3, 0.4) is 0 Å². The molecule has 0 unspecified atom stereocenters. The number of imide groups is 1. The van der Waals surface area contributed by atoms with Crippen molar-refractivity contribution in [3.05, 3.63) is 35.4 Å². The molecule has 0 aromatic heterocycles. The van der Waals surface area contributed by atoms with Crippen molar-refractivity contribution < 1.29 is 9.59 Å².